The lowest BCUT2D eigenvalue weighted by molar-refractivity contribution is 0.247. The summed E-state index contributed by atoms with van der Waals surface area (Å²) in [6, 6.07) is 2.96. The number of urea groups is 1. The Hall–Kier alpha value is -1.46. The van der Waals surface area contributed by atoms with E-state index < -0.39 is 6.03 Å². The van der Waals surface area contributed by atoms with Gasteiger partial charge in [0.15, 0.2) is 0 Å². The Morgan fingerprint density at radius 3 is 2.69 bits per heavy atom. The Balaban J connectivity index is 3.25. The van der Waals surface area contributed by atoms with E-state index in [1.165, 1.54) is 12.0 Å². The third kappa shape index (κ3) is 2.37. The van der Waals surface area contributed by atoms with Crippen molar-refractivity contribution in [2.75, 3.05) is 19.1 Å². The second-order valence-corrected chi connectivity index (χ2v) is 3.72. The zero-order valence-electron chi connectivity index (χ0n) is 9.37. The number of halogens is 1. The number of nitrogens with two attached hydrogens (primary N) is 1. The SMILES string of the molecule is COc1c(C)cc(Cl)cc1N(C)C(=O)NN. The van der Waals surface area contributed by atoms with Gasteiger partial charge in [0.2, 0.25) is 0 Å². The van der Waals surface area contributed by atoms with Crippen LogP contribution in [0.4, 0.5) is 10.5 Å². The van der Waals surface area contributed by atoms with Gasteiger partial charge in [0, 0.05) is 12.1 Å². The van der Waals surface area contributed by atoms with Gasteiger partial charge in [-0.3, -0.25) is 10.3 Å². The van der Waals surface area contributed by atoms with Gasteiger partial charge < -0.3 is 4.74 Å². The van der Waals surface area contributed by atoms with Gasteiger partial charge in [-0.2, -0.15) is 0 Å². The summed E-state index contributed by atoms with van der Waals surface area (Å²) in [5.74, 6) is 5.66. The quantitative estimate of drug-likeness (QED) is 0.472. The van der Waals surface area contributed by atoms with Crippen LogP contribution in [-0.4, -0.2) is 20.2 Å². The number of carbonyl (C=O) groups excluding carboxylic acids is 1. The lowest BCUT2D eigenvalue weighted by atomic mass is 10.2. The summed E-state index contributed by atoms with van der Waals surface area (Å²) in [5, 5.41) is 0.532. The second-order valence-electron chi connectivity index (χ2n) is 3.28. The molecule has 1 rings (SSSR count). The normalized spacial score (nSPS) is 9.81. The summed E-state index contributed by atoms with van der Waals surface area (Å²) in [4.78, 5) is 12.7. The van der Waals surface area contributed by atoms with E-state index in [1.807, 2.05) is 12.3 Å². The molecule has 0 radical (unpaired) electrons. The molecule has 0 heterocycles. The van der Waals surface area contributed by atoms with Crippen molar-refractivity contribution in [3.8, 4) is 5.75 Å². The van der Waals surface area contributed by atoms with E-state index in [9.17, 15) is 4.79 Å². The van der Waals surface area contributed by atoms with Gasteiger partial charge >= 0.3 is 6.03 Å². The predicted molar refractivity (Wildman–Crippen MR) is 63.9 cm³/mol. The van der Waals surface area contributed by atoms with Crippen molar-refractivity contribution in [1.82, 2.24) is 5.43 Å². The lowest BCUT2D eigenvalue weighted by Gasteiger charge is -2.20. The van der Waals surface area contributed by atoms with Crippen molar-refractivity contribution in [2.45, 2.75) is 6.92 Å². The zero-order chi connectivity index (χ0) is 12.3. The van der Waals surface area contributed by atoms with E-state index in [0.717, 1.165) is 5.56 Å². The summed E-state index contributed by atoms with van der Waals surface area (Å²) < 4.78 is 5.23. The average molecular weight is 244 g/mol. The highest BCUT2D eigenvalue weighted by Gasteiger charge is 2.16. The Kier molecular flexibility index (Phi) is 3.98. The molecule has 2 amide bonds. The number of nitrogens with zero attached hydrogens (tertiary/aromatic N) is 1. The largest absolute Gasteiger partial charge is 0.494 e. The number of aryl methyl sites for hydroxylation is 1. The molecule has 0 saturated heterocycles. The molecule has 0 aliphatic heterocycles. The van der Waals surface area contributed by atoms with Crippen LogP contribution in [0, 0.1) is 6.92 Å². The topological polar surface area (TPSA) is 67.6 Å². The highest BCUT2D eigenvalue weighted by atomic mass is 35.5. The number of hydrazine groups is 1. The number of hydrogen-bond acceptors (Lipinski definition) is 3. The van der Waals surface area contributed by atoms with Crippen LogP contribution in [0.25, 0.3) is 0 Å². The first-order valence-corrected chi connectivity index (χ1v) is 4.97. The summed E-state index contributed by atoms with van der Waals surface area (Å²) in [6.45, 7) is 1.85. The number of anilines is 1. The lowest BCUT2D eigenvalue weighted by Crippen LogP contribution is -2.41. The minimum atomic E-state index is -0.444. The first-order chi connectivity index (χ1) is 7.51. The van der Waals surface area contributed by atoms with Gasteiger partial charge in [0.1, 0.15) is 5.75 Å². The number of amides is 2. The number of nitrogens with one attached hydrogen (secondary N) is 1. The first kappa shape index (κ1) is 12.6. The second kappa shape index (κ2) is 5.05. The molecule has 0 fully saturated rings. The van der Waals surface area contributed by atoms with Gasteiger partial charge in [0.25, 0.3) is 0 Å². The summed E-state index contributed by atoms with van der Waals surface area (Å²) in [6.07, 6.45) is 0. The van der Waals surface area contributed by atoms with Crippen LogP contribution in [0.5, 0.6) is 5.75 Å². The molecule has 0 unspecified atom stereocenters. The van der Waals surface area contributed by atoms with Crippen molar-refractivity contribution >= 4 is 23.3 Å². The van der Waals surface area contributed by atoms with Crippen LogP contribution in [0.2, 0.25) is 5.02 Å². The molecular formula is C10H14ClN3O2. The van der Waals surface area contributed by atoms with Gasteiger partial charge in [0.05, 0.1) is 12.8 Å². The fraction of sp³-hybridized carbons (Fsp3) is 0.300. The fourth-order valence-electron chi connectivity index (χ4n) is 1.43. The molecule has 0 aliphatic rings. The minimum Gasteiger partial charge on any atom is -0.494 e. The highest BCUT2D eigenvalue weighted by Crippen LogP contribution is 2.34. The minimum absolute atomic E-state index is 0.444. The van der Waals surface area contributed by atoms with Crippen LogP contribution in [0.3, 0.4) is 0 Å². The maximum atomic E-state index is 11.4. The number of methoxy groups -OCH3 is 1. The number of carbonyl (C=O) groups is 1. The van der Waals surface area contributed by atoms with Gasteiger partial charge in [-0.1, -0.05) is 11.6 Å². The van der Waals surface area contributed by atoms with Gasteiger partial charge in [-0.05, 0) is 24.6 Å². The zero-order valence-corrected chi connectivity index (χ0v) is 10.1. The third-order valence-corrected chi connectivity index (χ3v) is 2.43. The Bertz CT molecular complexity index is 409. The van der Waals surface area contributed by atoms with Crippen molar-refractivity contribution < 1.29 is 9.53 Å². The van der Waals surface area contributed by atoms with Gasteiger partial charge in [-0.25, -0.2) is 10.6 Å². The van der Waals surface area contributed by atoms with E-state index in [2.05, 4.69) is 0 Å². The molecule has 0 spiro atoms. The van der Waals surface area contributed by atoms with Crippen molar-refractivity contribution in [1.29, 1.82) is 0 Å². The molecule has 1 aromatic carbocycles. The Morgan fingerprint density at radius 1 is 1.56 bits per heavy atom. The molecule has 1 aromatic rings. The van der Waals surface area contributed by atoms with Crippen LogP contribution < -0.4 is 20.9 Å². The molecule has 88 valence electrons. The van der Waals surface area contributed by atoms with Crippen LogP contribution in [0.1, 0.15) is 5.56 Å². The monoisotopic (exact) mass is 243 g/mol. The highest BCUT2D eigenvalue weighted by molar-refractivity contribution is 6.31. The van der Waals surface area contributed by atoms with Gasteiger partial charge in [-0.15, -0.1) is 0 Å². The van der Waals surface area contributed by atoms with Crippen LogP contribution >= 0.6 is 11.6 Å². The summed E-state index contributed by atoms with van der Waals surface area (Å²) in [5.41, 5.74) is 3.46. The van der Waals surface area contributed by atoms with Crippen molar-refractivity contribution in [2.24, 2.45) is 5.84 Å². The van der Waals surface area contributed by atoms with E-state index in [-0.39, 0.29) is 0 Å². The smallest absolute Gasteiger partial charge is 0.335 e. The van der Waals surface area contributed by atoms with Crippen molar-refractivity contribution in [3.63, 3.8) is 0 Å². The standard InChI is InChI=1S/C10H14ClN3O2/c1-6-4-7(11)5-8(9(6)16-3)14(2)10(15)13-12/h4-5H,12H2,1-3H3,(H,13,15). The molecule has 0 bridgehead atoms. The molecule has 3 N–H and O–H groups in total. The summed E-state index contributed by atoms with van der Waals surface area (Å²) in [7, 11) is 3.11. The maximum absolute atomic E-state index is 11.4. The number of hydrogen-bond donors (Lipinski definition) is 2. The number of ether oxygens (including phenoxy) is 1. The van der Waals surface area contributed by atoms with Crippen LogP contribution in [0.15, 0.2) is 12.1 Å². The molecule has 16 heavy (non-hydrogen) atoms. The van der Waals surface area contributed by atoms with Crippen LogP contribution in [-0.2, 0) is 0 Å². The van der Waals surface area contributed by atoms with Crippen molar-refractivity contribution in [3.05, 3.63) is 22.7 Å². The Morgan fingerprint density at radius 2 is 2.19 bits per heavy atom. The summed E-state index contributed by atoms with van der Waals surface area (Å²) >= 11 is 5.93. The van der Waals surface area contributed by atoms with E-state index in [0.29, 0.717) is 16.5 Å². The van der Waals surface area contributed by atoms with E-state index >= 15 is 0 Å². The average Bonchev–Trinajstić information content (AvgIpc) is 2.26. The molecule has 6 heteroatoms. The molecule has 0 saturated carbocycles. The Labute approximate surface area is 99.1 Å². The van der Waals surface area contributed by atoms with E-state index in [1.54, 1.807) is 19.2 Å². The third-order valence-electron chi connectivity index (χ3n) is 2.21. The number of rotatable bonds is 2. The molecule has 0 aliphatic carbocycles. The fourth-order valence-corrected chi connectivity index (χ4v) is 1.70. The first-order valence-electron chi connectivity index (χ1n) is 4.59. The number of benzene rings is 1. The predicted octanol–water partition coefficient (Wildman–Crippen LogP) is 1.68. The molecule has 0 aromatic heterocycles. The maximum Gasteiger partial charge on any atom is 0.335 e. The molecule has 0 atom stereocenters. The molecule has 5 nitrogen and oxygen atoms in total. The van der Waals surface area contributed by atoms with E-state index in [4.69, 9.17) is 22.2 Å². The molecular weight excluding hydrogens is 230 g/mol.